The molecule has 2 heterocycles. The highest BCUT2D eigenvalue weighted by Crippen LogP contribution is 2.31. The molecule has 184 valence electrons. The average Bonchev–Trinajstić information content (AvgIpc) is 3.12. The van der Waals surface area contributed by atoms with Crippen molar-refractivity contribution in [3.63, 3.8) is 0 Å². The minimum atomic E-state index is -3.79. The van der Waals surface area contributed by atoms with Gasteiger partial charge in [-0.3, -0.25) is 9.78 Å². The lowest BCUT2D eigenvalue weighted by atomic mass is 10.2. The summed E-state index contributed by atoms with van der Waals surface area (Å²) in [5.41, 5.74) is 1.69. The first-order chi connectivity index (χ1) is 17.0. The first-order valence-corrected chi connectivity index (χ1v) is 12.8. The summed E-state index contributed by atoms with van der Waals surface area (Å²) in [5, 5.41) is 2.80. The quantitative estimate of drug-likeness (QED) is 0.443. The molecular formula is C25H27N3O6S. The first kappa shape index (κ1) is 24.5. The summed E-state index contributed by atoms with van der Waals surface area (Å²) in [7, 11) is -3.79. The van der Waals surface area contributed by atoms with Crippen molar-refractivity contribution < 1.29 is 27.4 Å². The molecule has 0 bridgehead atoms. The Hall–Kier alpha value is -3.63. The van der Waals surface area contributed by atoms with Gasteiger partial charge in [0.25, 0.3) is 0 Å². The Morgan fingerprint density at radius 1 is 1.00 bits per heavy atom. The fourth-order valence-electron chi connectivity index (χ4n) is 3.37. The van der Waals surface area contributed by atoms with E-state index in [4.69, 9.17) is 14.2 Å². The van der Waals surface area contributed by atoms with E-state index in [0.29, 0.717) is 43.6 Å². The molecule has 9 nitrogen and oxygen atoms in total. The molecule has 35 heavy (non-hydrogen) atoms. The number of fused-ring (bicyclic) bond motifs is 1. The Bertz CT molecular complexity index is 1250. The molecule has 1 amide bonds. The van der Waals surface area contributed by atoms with Gasteiger partial charge in [0.05, 0.1) is 23.8 Å². The number of benzene rings is 2. The third-order valence-corrected chi connectivity index (χ3v) is 6.63. The molecular weight excluding hydrogens is 470 g/mol. The van der Waals surface area contributed by atoms with Crippen molar-refractivity contribution in [1.82, 2.24) is 15.0 Å². The molecule has 3 aromatic rings. The molecule has 2 aromatic carbocycles. The van der Waals surface area contributed by atoms with E-state index in [1.165, 1.54) is 12.1 Å². The predicted molar refractivity (Wildman–Crippen MR) is 129 cm³/mol. The zero-order valence-electron chi connectivity index (χ0n) is 19.1. The van der Waals surface area contributed by atoms with Crippen LogP contribution in [0.15, 0.2) is 71.8 Å². The lowest BCUT2D eigenvalue weighted by Crippen LogP contribution is -2.30. The number of ether oxygens (including phenoxy) is 3. The van der Waals surface area contributed by atoms with Crippen LogP contribution in [-0.2, 0) is 28.0 Å². The Morgan fingerprint density at radius 2 is 1.86 bits per heavy atom. The van der Waals surface area contributed by atoms with Gasteiger partial charge >= 0.3 is 0 Å². The lowest BCUT2D eigenvalue weighted by Gasteiger charge is -2.11. The predicted octanol–water partition coefficient (Wildman–Crippen LogP) is 2.81. The van der Waals surface area contributed by atoms with Gasteiger partial charge in [0.1, 0.15) is 12.4 Å². The van der Waals surface area contributed by atoms with Crippen LogP contribution in [-0.4, -0.2) is 39.1 Å². The molecule has 1 aromatic heterocycles. The first-order valence-electron chi connectivity index (χ1n) is 11.3. The maximum Gasteiger partial charge on any atom is 0.240 e. The van der Waals surface area contributed by atoms with E-state index >= 15 is 0 Å². The molecule has 0 atom stereocenters. The summed E-state index contributed by atoms with van der Waals surface area (Å²) in [6.45, 7) is 1.60. The van der Waals surface area contributed by atoms with Gasteiger partial charge in [0, 0.05) is 38.2 Å². The van der Waals surface area contributed by atoms with Crippen LogP contribution in [0.4, 0.5) is 0 Å². The molecule has 0 saturated carbocycles. The number of rotatable bonds is 10. The maximum absolute atomic E-state index is 12.6. The molecule has 0 aliphatic carbocycles. The van der Waals surface area contributed by atoms with Crippen LogP contribution < -0.4 is 24.2 Å². The molecule has 1 aliphatic heterocycles. The number of carbonyl (C=O) groups excluding carboxylic acids is 1. The molecule has 0 saturated heterocycles. The highest BCUT2D eigenvalue weighted by atomic mass is 32.2. The Labute approximate surface area is 204 Å². The van der Waals surface area contributed by atoms with Gasteiger partial charge < -0.3 is 19.5 Å². The Kier molecular flexibility index (Phi) is 8.17. The number of amides is 1. The van der Waals surface area contributed by atoms with Gasteiger partial charge in [-0.15, -0.1) is 0 Å². The monoisotopic (exact) mass is 497 g/mol. The molecule has 1 aliphatic rings. The normalized spacial score (nSPS) is 13.0. The molecule has 2 N–H and O–H groups in total. The standard InChI is InChI=1S/C25H27N3O6S/c29-25(27-17-19-5-3-7-21(15-19)34-18-20-6-1-2-11-26-20)10-12-28-35(30,31)22-8-9-23-24(16-22)33-14-4-13-32-23/h1-3,5-9,11,15-16,28H,4,10,12-14,17-18H2,(H,27,29). The lowest BCUT2D eigenvalue weighted by molar-refractivity contribution is -0.121. The second-order valence-electron chi connectivity index (χ2n) is 7.84. The largest absolute Gasteiger partial charge is 0.490 e. The Balaban J connectivity index is 1.23. The summed E-state index contributed by atoms with van der Waals surface area (Å²) < 4.78 is 44.5. The van der Waals surface area contributed by atoms with E-state index in [9.17, 15) is 13.2 Å². The van der Waals surface area contributed by atoms with Gasteiger partial charge in [-0.2, -0.15) is 0 Å². The smallest absolute Gasteiger partial charge is 0.240 e. The SMILES string of the molecule is O=C(CCNS(=O)(=O)c1ccc2c(c1)OCCCO2)NCc1cccc(OCc2ccccn2)c1. The number of pyridine rings is 1. The van der Waals surface area contributed by atoms with Gasteiger partial charge in [-0.1, -0.05) is 18.2 Å². The van der Waals surface area contributed by atoms with Crippen molar-refractivity contribution in [2.75, 3.05) is 19.8 Å². The number of aromatic nitrogens is 1. The Morgan fingerprint density at radius 3 is 2.69 bits per heavy atom. The minimum Gasteiger partial charge on any atom is -0.490 e. The van der Waals surface area contributed by atoms with E-state index < -0.39 is 10.0 Å². The van der Waals surface area contributed by atoms with Crippen LogP contribution in [0, 0.1) is 0 Å². The third kappa shape index (κ3) is 7.17. The van der Waals surface area contributed by atoms with Crippen molar-refractivity contribution in [1.29, 1.82) is 0 Å². The van der Waals surface area contributed by atoms with E-state index in [0.717, 1.165) is 17.7 Å². The van der Waals surface area contributed by atoms with Gasteiger partial charge in [-0.25, -0.2) is 13.1 Å². The van der Waals surface area contributed by atoms with Crippen molar-refractivity contribution in [2.24, 2.45) is 0 Å². The van der Waals surface area contributed by atoms with Crippen LogP contribution in [0.5, 0.6) is 17.2 Å². The fraction of sp³-hybridized carbons (Fsp3) is 0.280. The molecule has 0 fully saturated rings. The topological polar surface area (TPSA) is 116 Å². The second kappa shape index (κ2) is 11.7. The van der Waals surface area contributed by atoms with Crippen molar-refractivity contribution >= 4 is 15.9 Å². The molecule has 10 heteroatoms. The zero-order chi connectivity index (χ0) is 24.5. The average molecular weight is 498 g/mol. The van der Waals surface area contributed by atoms with Gasteiger partial charge in [-0.05, 0) is 42.0 Å². The number of hydrogen-bond acceptors (Lipinski definition) is 7. The number of nitrogens with one attached hydrogen (secondary N) is 2. The molecule has 4 rings (SSSR count). The van der Waals surface area contributed by atoms with E-state index in [1.54, 1.807) is 12.3 Å². The number of nitrogens with zero attached hydrogens (tertiary/aromatic N) is 1. The van der Waals surface area contributed by atoms with Crippen LogP contribution in [0.3, 0.4) is 0 Å². The minimum absolute atomic E-state index is 0.000348. The molecule has 0 unspecified atom stereocenters. The van der Waals surface area contributed by atoms with Crippen LogP contribution >= 0.6 is 0 Å². The second-order valence-corrected chi connectivity index (χ2v) is 9.61. The van der Waals surface area contributed by atoms with Crippen LogP contribution in [0.2, 0.25) is 0 Å². The fourth-order valence-corrected chi connectivity index (χ4v) is 4.41. The zero-order valence-corrected chi connectivity index (χ0v) is 19.9. The maximum atomic E-state index is 12.6. The van der Waals surface area contributed by atoms with E-state index in [1.807, 2.05) is 42.5 Å². The molecule has 0 radical (unpaired) electrons. The number of sulfonamides is 1. The summed E-state index contributed by atoms with van der Waals surface area (Å²) in [5.74, 6) is 1.32. The van der Waals surface area contributed by atoms with Crippen molar-refractivity contribution in [2.45, 2.75) is 30.9 Å². The van der Waals surface area contributed by atoms with Crippen molar-refractivity contribution in [3.05, 3.63) is 78.1 Å². The third-order valence-electron chi connectivity index (χ3n) is 5.17. The van der Waals surface area contributed by atoms with Gasteiger partial charge in [0.15, 0.2) is 11.5 Å². The number of carbonyl (C=O) groups is 1. The van der Waals surface area contributed by atoms with Crippen LogP contribution in [0.25, 0.3) is 0 Å². The highest BCUT2D eigenvalue weighted by Gasteiger charge is 2.19. The summed E-state index contributed by atoms with van der Waals surface area (Å²) in [4.78, 5) is 16.5. The molecule has 0 spiro atoms. The summed E-state index contributed by atoms with van der Waals surface area (Å²) in [6, 6.07) is 17.5. The number of hydrogen-bond donors (Lipinski definition) is 2. The van der Waals surface area contributed by atoms with Gasteiger partial charge in [0.2, 0.25) is 15.9 Å². The summed E-state index contributed by atoms with van der Waals surface area (Å²) >= 11 is 0. The van der Waals surface area contributed by atoms with E-state index in [2.05, 4.69) is 15.0 Å². The van der Waals surface area contributed by atoms with Crippen molar-refractivity contribution in [3.8, 4) is 17.2 Å². The van der Waals surface area contributed by atoms with Crippen LogP contribution in [0.1, 0.15) is 24.1 Å². The summed E-state index contributed by atoms with van der Waals surface area (Å²) in [6.07, 6.45) is 2.44. The highest BCUT2D eigenvalue weighted by molar-refractivity contribution is 7.89. The van der Waals surface area contributed by atoms with E-state index in [-0.39, 0.29) is 23.8 Å².